The summed E-state index contributed by atoms with van der Waals surface area (Å²) < 4.78 is 27.8. The lowest BCUT2D eigenvalue weighted by molar-refractivity contribution is -0.166. The Hall–Kier alpha value is -3.95. The van der Waals surface area contributed by atoms with Crippen molar-refractivity contribution in [1.82, 2.24) is 30.0 Å². The molecular formula is C17H20N6O10. The molecule has 0 radical (unpaired) electrons. The number of nitrogens with zero attached hydrogens (tertiary/aromatic N) is 6. The van der Waals surface area contributed by atoms with Gasteiger partial charge in [0, 0.05) is 27.7 Å². The number of carbonyl (C=O) groups excluding carboxylic acids is 4. The molecule has 0 aliphatic carbocycles. The van der Waals surface area contributed by atoms with Crippen molar-refractivity contribution in [2.45, 2.75) is 59.0 Å². The summed E-state index contributed by atoms with van der Waals surface area (Å²) >= 11 is 0. The molecule has 1 saturated heterocycles. The Balaban J connectivity index is 2.00. The third-order valence-corrected chi connectivity index (χ3v) is 4.33. The first-order valence-corrected chi connectivity index (χ1v) is 9.53. The number of hydrogen-bond acceptors (Lipinski definition) is 14. The number of fused-ring (bicyclic) bond motifs is 1. The molecule has 0 saturated carbocycles. The van der Waals surface area contributed by atoms with Gasteiger partial charge in [-0.25, -0.2) is 0 Å². The summed E-state index contributed by atoms with van der Waals surface area (Å²) in [6, 6.07) is 0. The summed E-state index contributed by atoms with van der Waals surface area (Å²) in [4.78, 5) is 58.6. The fourth-order valence-electron chi connectivity index (χ4n) is 3.08. The molecular weight excluding hydrogens is 448 g/mol. The Bertz CT molecular complexity index is 1140. The van der Waals surface area contributed by atoms with Crippen LogP contribution in [-0.2, 0) is 49.6 Å². The van der Waals surface area contributed by atoms with E-state index in [0.717, 1.165) is 23.2 Å². The Morgan fingerprint density at radius 3 is 2.12 bits per heavy atom. The minimum atomic E-state index is -1.40. The van der Waals surface area contributed by atoms with E-state index in [1.807, 2.05) is 0 Å². The van der Waals surface area contributed by atoms with Crippen LogP contribution in [0.1, 0.15) is 33.9 Å². The van der Waals surface area contributed by atoms with Crippen LogP contribution in [0.25, 0.3) is 11.2 Å². The maximum atomic E-state index is 13.0. The van der Waals surface area contributed by atoms with Crippen molar-refractivity contribution in [2.24, 2.45) is 0 Å². The third kappa shape index (κ3) is 5.28. The second-order valence-electron chi connectivity index (χ2n) is 6.88. The number of hydrogen-bond donors (Lipinski definition) is 0. The average molecular weight is 468 g/mol. The van der Waals surface area contributed by atoms with Crippen LogP contribution in [0.4, 0.5) is 0 Å². The summed E-state index contributed by atoms with van der Waals surface area (Å²) in [5, 5.41) is 15.1. The molecule has 3 rings (SSSR count). The van der Waals surface area contributed by atoms with Crippen LogP contribution in [0.5, 0.6) is 0 Å². The molecule has 0 bridgehead atoms. The highest BCUT2D eigenvalue weighted by atomic mass is 16.7. The smallest absolute Gasteiger partial charge is 0.304 e. The molecule has 16 nitrogen and oxygen atoms in total. The van der Waals surface area contributed by atoms with Crippen molar-refractivity contribution in [3.8, 4) is 0 Å². The molecule has 16 heteroatoms. The Morgan fingerprint density at radius 2 is 1.52 bits per heavy atom. The van der Waals surface area contributed by atoms with E-state index < -0.39 is 54.0 Å². The topological polar surface area (TPSA) is 193 Å². The Morgan fingerprint density at radius 1 is 0.879 bits per heavy atom. The summed E-state index contributed by atoms with van der Waals surface area (Å²) in [5.41, 5.74) is -1.15. The van der Waals surface area contributed by atoms with Crippen LogP contribution in [0.2, 0.25) is 0 Å². The first-order chi connectivity index (χ1) is 15.6. The maximum absolute atomic E-state index is 13.0. The zero-order chi connectivity index (χ0) is 24.3. The minimum Gasteiger partial charge on any atom is -0.463 e. The average Bonchev–Trinajstić information content (AvgIpc) is 3.27. The predicted molar refractivity (Wildman–Crippen MR) is 101 cm³/mol. The molecule has 4 atom stereocenters. The number of ether oxygens (including phenoxy) is 5. The van der Waals surface area contributed by atoms with E-state index in [9.17, 15) is 24.0 Å². The monoisotopic (exact) mass is 468 g/mol. The molecule has 3 heterocycles. The van der Waals surface area contributed by atoms with Gasteiger partial charge in [-0.15, -0.1) is 10.2 Å². The highest BCUT2D eigenvalue weighted by Gasteiger charge is 2.51. The lowest BCUT2D eigenvalue weighted by Crippen LogP contribution is -2.42. The van der Waals surface area contributed by atoms with Crippen LogP contribution in [0, 0.1) is 0 Å². The van der Waals surface area contributed by atoms with E-state index in [-0.39, 0.29) is 24.5 Å². The van der Waals surface area contributed by atoms with Crippen LogP contribution in [0.15, 0.2) is 4.79 Å². The van der Waals surface area contributed by atoms with Crippen LogP contribution >= 0.6 is 0 Å². The molecule has 0 spiro atoms. The van der Waals surface area contributed by atoms with Crippen molar-refractivity contribution >= 4 is 35.0 Å². The van der Waals surface area contributed by atoms with Gasteiger partial charge >= 0.3 is 29.4 Å². The maximum Gasteiger partial charge on any atom is 0.304 e. The summed E-state index contributed by atoms with van der Waals surface area (Å²) in [6.07, 6.45) is -5.04. The Labute approximate surface area is 184 Å². The predicted octanol–water partition coefficient (Wildman–Crippen LogP) is -1.77. The lowest BCUT2D eigenvalue weighted by Gasteiger charge is -2.23. The SMILES string of the molecule is CC(=O)OCC1OC(n2nnc3c(nnn3COC(C)=O)c2=O)C(OC(C)=O)C1OC(C)=O. The van der Waals surface area contributed by atoms with E-state index in [1.54, 1.807) is 0 Å². The highest BCUT2D eigenvalue weighted by Crippen LogP contribution is 2.33. The molecule has 1 aliphatic rings. The summed E-state index contributed by atoms with van der Waals surface area (Å²) in [6.45, 7) is 3.89. The van der Waals surface area contributed by atoms with Gasteiger partial charge in [-0.1, -0.05) is 10.4 Å². The normalized spacial score (nSPS) is 22.1. The largest absolute Gasteiger partial charge is 0.463 e. The molecule has 0 N–H and O–H groups in total. The van der Waals surface area contributed by atoms with E-state index in [0.29, 0.717) is 0 Å². The molecule has 0 aromatic carbocycles. The highest BCUT2D eigenvalue weighted by molar-refractivity contribution is 5.69. The molecule has 2 aromatic rings. The molecule has 4 unspecified atom stereocenters. The fourth-order valence-corrected chi connectivity index (χ4v) is 3.08. The van der Waals surface area contributed by atoms with Crippen LogP contribution < -0.4 is 5.56 Å². The van der Waals surface area contributed by atoms with E-state index in [2.05, 4.69) is 20.6 Å². The van der Waals surface area contributed by atoms with Gasteiger partial charge in [0.15, 0.2) is 25.2 Å². The minimum absolute atomic E-state index is 0.0764. The van der Waals surface area contributed by atoms with Crippen LogP contribution in [-0.4, -0.2) is 78.8 Å². The van der Waals surface area contributed by atoms with Crippen molar-refractivity contribution in [3.05, 3.63) is 10.4 Å². The number of rotatable bonds is 7. The lowest BCUT2D eigenvalue weighted by atomic mass is 10.1. The third-order valence-electron chi connectivity index (χ3n) is 4.33. The van der Waals surface area contributed by atoms with Gasteiger partial charge in [0.1, 0.15) is 12.7 Å². The van der Waals surface area contributed by atoms with Gasteiger partial charge in [-0.2, -0.15) is 9.36 Å². The van der Waals surface area contributed by atoms with E-state index >= 15 is 0 Å². The zero-order valence-corrected chi connectivity index (χ0v) is 18.0. The van der Waals surface area contributed by atoms with Gasteiger partial charge in [0.05, 0.1) is 0 Å². The second-order valence-corrected chi connectivity index (χ2v) is 6.88. The molecule has 178 valence electrons. The molecule has 2 aromatic heterocycles. The van der Waals surface area contributed by atoms with Crippen molar-refractivity contribution in [2.75, 3.05) is 6.61 Å². The standard InChI is InChI=1S/C17H20N6O10/c1-7(24)29-5-11-13(31-9(3)26)14(32-10(4)27)17(33-11)23-16(28)12-15(19-21-23)22(20-18-12)6-30-8(2)25/h11,13-14,17H,5-6H2,1-4H3. The van der Waals surface area contributed by atoms with E-state index in [1.165, 1.54) is 13.8 Å². The number of aromatic nitrogens is 6. The first-order valence-electron chi connectivity index (χ1n) is 9.53. The van der Waals surface area contributed by atoms with Crippen LogP contribution in [0.3, 0.4) is 0 Å². The number of carbonyl (C=O) groups is 4. The Kier molecular flexibility index (Phi) is 6.95. The molecule has 0 amide bonds. The van der Waals surface area contributed by atoms with Crippen molar-refractivity contribution in [1.29, 1.82) is 0 Å². The number of esters is 4. The quantitative estimate of drug-likeness (QED) is 0.327. The molecule has 1 fully saturated rings. The van der Waals surface area contributed by atoms with E-state index in [4.69, 9.17) is 23.7 Å². The summed E-state index contributed by atoms with van der Waals surface area (Å²) in [5.74, 6) is -2.70. The van der Waals surface area contributed by atoms with Gasteiger partial charge in [0.25, 0.3) is 0 Å². The second kappa shape index (κ2) is 9.68. The van der Waals surface area contributed by atoms with Gasteiger partial charge in [-0.3, -0.25) is 24.0 Å². The molecule has 1 aliphatic heterocycles. The van der Waals surface area contributed by atoms with Gasteiger partial charge in [0.2, 0.25) is 11.2 Å². The summed E-state index contributed by atoms with van der Waals surface area (Å²) in [7, 11) is 0. The first kappa shape index (κ1) is 23.7. The fraction of sp³-hybridized carbons (Fsp3) is 0.588. The van der Waals surface area contributed by atoms with Crippen molar-refractivity contribution < 1.29 is 42.9 Å². The zero-order valence-electron chi connectivity index (χ0n) is 18.0. The molecule has 33 heavy (non-hydrogen) atoms. The van der Waals surface area contributed by atoms with Gasteiger partial charge < -0.3 is 23.7 Å². The van der Waals surface area contributed by atoms with Crippen molar-refractivity contribution in [3.63, 3.8) is 0 Å². The van der Waals surface area contributed by atoms with Gasteiger partial charge in [-0.05, 0) is 0 Å².